The van der Waals surface area contributed by atoms with E-state index in [0.29, 0.717) is 5.56 Å². The third-order valence-corrected chi connectivity index (χ3v) is 2.44. The Morgan fingerprint density at radius 3 is 3.00 bits per heavy atom. The topological polar surface area (TPSA) is 108 Å². The molecule has 0 amide bonds. The minimum atomic E-state index is -0.507. The summed E-state index contributed by atoms with van der Waals surface area (Å²) in [6.07, 6.45) is -0.0320. The maximum absolute atomic E-state index is 11.4. The number of nitrogens with zero attached hydrogens (tertiary/aromatic N) is 3. The predicted octanol–water partition coefficient (Wildman–Crippen LogP) is 1.40. The molecule has 0 N–H and O–H groups in total. The lowest BCUT2D eigenvalue weighted by Crippen LogP contribution is -2.09. The number of Topliss-reactive ketones (excluding diaryl/α,β-unsaturated/α-hetero) is 1. The summed E-state index contributed by atoms with van der Waals surface area (Å²) in [5, 5.41) is 14.4. The van der Waals surface area contributed by atoms with Crippen molar-refractivity contribution in [2.24, 2.45) is 0 Å². The maximum Gasteiger partial charge on any atom is 0.270 e. The van der Waals surface area contributed by atoms with Gasteiger partial charge < -0.3 is 9.26 Å². The molecule has 0 fully saturated rings. The van der Waals surface area contributed by atoms with Crippen LogP contribution in [0.15, 0.2) is 28.8 Å². The summed E-state index contributed by atoms with van der Waals surface area (Å²) < 4.78 is 9.62. The first-order valence-electron chi connectivity index (χ1n) is 5.68. The second-order valence-corrected chi connectivity index (χ2v) is 3.97. The number of ether oxygens (including phenoxy) is 1. The molecule has 0 aliphatic carbocycles. The lowest BCUT2D eigenvalue weighted by molar-refractivity contribution is -0.384. The molecule has 8 heteroatoms. The van der Waals surface area contributed by atoms with Crippen LogP contribution in [0.5, 0.6) is 0 Å². The van der Waals surface area contributed by atoms with E-state index in [1.807, 2.05) is 0 Å². The number of hydrogen-bond acceptors (Lipinski definition) is 7. The number of hydrogen-bond donors (Lipinski definition) is 0. The molecule has 8 nitrogen and oxygen atoms in total. The molecule has 0 unspecified atom stereocenters. The Labute approximate surface area is 113 Å². The van der Waals surface area contributed by atoms with E-state index in [9.17, 15) is 14.9 Å². The molecule has 2 rings (SSSR count). The molecule has 0 spiro atoms. The van der Waals surface area contributed by atoms with Gasteiger partial charge in [-0.15, -0.1) is 0 Å². The highest BCUT2D eigenvalue weighted by molar-refractivity contribution is 5.81. The molecule has 1 heterocycles. The molecule has 104 valence electrons. The van der Waals surface area contributed by atoms with Crippen LogP contribution in [0.25, 0.3) is 11.4 Å². The zero-order valence-electron chi connectivity index (χ0n) is 10.6. The van der Waals surface area contributed by atoms with Gasteiger partial charge in [-0.25, -0.2) is 0 Å². The molecule has 20 heavy (non-hydrogen) atoms. The molecule has 0 radical (unpaired) electrons. The molecule has 0 bridgehead atoms. The molecule has 0 aliphatic rings. The number of non-ortho nitro benzene ring substituents is 1. The van der Waals surface area contributed by atoms with E-state index in [0.717, 1.165) is 0 Å². The van der Waals surface area contributed by atoms with Gasteiger partial charge in [0.25, 0.3) is 5.69 Å². The number of nitro groups is 1. The highest BCUT2D eigenvalue weighted by Crippen LogP contribution is 2.21. The molecule has 2 aromatic rings. The van der Waals surface area contributed by atoms with Crippen molar-refractivity contribution in [1.29, 1.82) is 0 Å². The Morgan fingerprint density at radius 2 is 2.30 bits per heavy atom. The van der Waals surface area contributed by atoms with Gasteiger partial charge in [0.15, 0.2) is 5.78 Å². The van der Waals surface area contributed by atoms with Gasteiger partial charge in [0.2, 0.25) is 11.7 Å². The summed E-state index contributed by atoms with van der Waals surface area (Å²) in [6, 6.07) is 5.86. The normalized spacial score (nSPS) is 10.4. The van der Waals surface area contributed by atoms with E-state index in [1.54, 1.807) is 6.07 Å². The Balaban J connectivity index is 2.18. The van der Waals surface area contributed by atoms with Crippen LogP contribution >= 0.6 is 0 Å². The summed E-state index contributed by atoms with van der Waals surface area (Å²) in [7, 11) is 1.42. The second kappa shape index (κ2) is 6.02. The van der Waals surface area contributed by atoms with Crippen molar-refractivity contribution >= 4 is 11.5 Å². The number of benzene rings is 1. The summed E-state index contributed by atoms with van der Waals surface area (Å²) in [6.45, 7) is -0.0332. The van der Waals surface area contributed by atoms with Crippen LogP contribution in [-0.4, -0.2) is 34.6 Å². The molecule has 0 saturated heterocycles. The van der Waals surface area contributed by atoms with E-state index in [2.05, 4.69) is 10.1 Å². The van der Waals surface area contributed by atoms with Crippen molar-refractivity contribution in [2.75, 3.05) is 13.7 Å². The van der Waals surface area contributed by atoms with Gasteiger partial charge in [-0.05, 0) is 0 Å². The number of carbonyl (C=O) groups is 1. The van der Waals surface area contributed by atoms with Crippen LogP contribution in [0.1, 0.15) is 5.89 Å². The standard InChI is InChI=1S/C12H11N3O5/c1-19-7-10(16)6-11-13-12(14-20-11)8-3-2-4-9(5-8)15(17)18/h2-5H,6-7H2,1H3. The van der Waals surface area contributed by atoms with Gasteiger partial charge in [0.05, 0.1) is 11.3 Å². The van der Waals surface area contributed by atoms with Gasteiger partial charge in [-0.3, -0.25) is 14.9 Å². The zero-order chi connectivity index (χ0) is 14.5. The van der Waals surface area contributed by atoms with Crippen LogP contribution in [0.3, 0.4) is 0 Å². The summed E-state index contributed by atoms with van der Waals surface area (Å²) >= 11 is 0. The third-order valence-electron chi connectivity index (χ3n) is 2.44. The van der Waals surface area contributed by atoms with Gasteiger partial charge in [0, 0.05) is 24.8 Å². The van der Waals surface area contributed by atoms with E-state index in [4.69, 9.17) is 9.26 Å². The molecule has 0 atom stereocenters. The van der Waals surface area contributed by atoms with Crippen molar-refractivity contribution in [2.45, 2.75) is 6.42 Å². The number of aromatic nitrogens is 2. The average molecular weight is 277 g/mol. The quantitative estimate of drug-likeness (QED) is 0.580. The minimum absolute atomic E-state index is 0.0320. The largest absolute Gasteiger partial charge is 0.377 e. The van der Waals surface area contributed by atoms with E-state index < -0.39 is 4.92 Å². The van der Waals surface area contributed by atoms with E-state index in [-0.39, 0.29) is 36.2 Å². The van der Waals surface area contributed by atoms with Crippen LogP contribution in [0, 0.1) is 10.1 Å². The van der Waals surface area contributed by atoms with Crippen molar-refractivity contribution in [1.82, 2.24) is 10.1 Å². The number of ketones is 1. The number of carbonyl (C=O) groups excluding carboxylic acids is 1. The lowest BCUT2D eigenvalue weighted by atomic mass is 10.2. The Hall–Kier alpha value is -2.61. The highest BCUT2D eigenvalue weighted by Gasteiger charge is 2.14. The zero-order valence-corrected chi connectivity index (χ0v) is 10.6. The Kier molecular flexibility index (Phi) is 4.16. The van der Waals surface area contributed by atoms with Crippen molar-refractivity contribution in [3.8, 4) is 11.4 Å². The fraction of sp³-hybridized carbons (Fsp3) is 0.250. The van der Waals surface area contributed by atoms with Gasteiger partial charge in [0.1, 0.15) is 6.61 Å². The Morgan fingerprint density at radius 1 is 1.50 bits per heavy atom. The molecule has 1 aromatic carbocycles. The minimum Gasteiger partial charge on any atom is -0.377 e. The Bertz CT molecular complexity index is 638. The summed E-state index contributed by atoms with van der Waals surface area (Å²) in [4.78, 5) is 25.6. The molecular weight excluding hydrogens is 266 g/mol. The van der Waals surface area contributed by atoms with Crippen molar-refractivity contribution < 1.29 is 19.0 Å². The second-order valence-electron chi connectivity index (χ2n) is 3.97. The first-order chi connectivity index (χ1) is 9.60. The first-order valence-corrected chi connectivity index (χ1v) is 5.68. The van der Waals surface area contributed by atoms with Crippen LogP contribution in [-0.2, 0) is 16.0 Å². The average Bonchev–Trinajstić information content (AvgIpc) is 2.87. The molecular formula is C12H11N3O5. The van der Waals surface area contributed by atoms with Crippen molar-refractivity contribution in [3.63, 3.8) is 0 Å². The third kappa shape index (κ3) is 3.23. The summed E-state index contributed by atoms with van der Waals surface area (Å²) in [5.41, 5.74) is 0.387. The molecule has 0 saturated carbocycles. The predicted molar refractivity (Wildman–Crippen MR) is 67.0 cm³/mol. The fourth-order valence-electron chi connectivity index (χ4n) is 1.58. The van der Waals surface area contributed by atoms with Crippen LogP contribution < -0.4 is 0 Å². The van der Waals surface area contributed by atoms with Gasteiger partial charge in [-0.1, -0.05) is 17.3 Å². The first kappa shape index (κ1) is 13.8. The van der Waals surface area contributed by atoms with Crippen LogP contribution in [0.2, 0.25) is 0 Å². The molecule has 0 aliphatic heterocycles. The number of methoxy groups -OCH3 is 1. The lowest BCUT2D eigenvalue weighted by Gasteiger charge is -1.94. The highest BCUT2D eigenvalue weighted by atomic mass is 16.6. The van der Waals surface area contributed by atoms with E-state index >= 15 is 0 Å². The van der Waals surface area contributed by atoms with Crippen LogP contribution in [0.4, 0.5) is 5.69 Å². The van der Waals surface area contributed by atoms with E-state index in [1.165, 1.54) is 25.3 Å². The smallest absolute Gasteiger partial charge is 0.270 e. The van der Waals surface area contributed by atoms with Gasteiger partial charge in [-0.2, -0.15) is 4.98 Å². The number of rotatable bonds is 6. The fourth-order valence-corrected chi connectivity index (χ4v) is 1.58. The SMILES string of the molecule is COCC(=O)Cc1nc(-c2cccc([N+](=O)[O-])c2)no1. The van der Waals surface area contributed by atoms with Gasteiger partial charge >= 0.3 is 0 Å². The monoisotopic (exact) mass is 277 g/mol. The molecule has 1 aromatic heterocycles. The summed E-state index contributed by atoms with van der Waals surface area (Å²) in [5.74, 6) is 0.157. The van der Waals surface area contributed by atoms with Crippen molar-refractivity contribution in [3.05, 3.63) is 40.3 Å². The maximum atomic E-state index is 11.4. The number of nitro benzene ring substituents is 1.